The minimum absolute atomic E-state index is 0. The molecule has 2 aromatic rings. The van der Waals surface area contributed by atoms with Crippen LogP contribution in [0.1, 0.15) is 12.5 Å². The molecule has 0 saturated heterocycles. The van der Waals surface area contributed by atoms with Crippen LogP contribution < -0.4 is 10.1 Å². The molecule has 6 nitrogen and oxygen atoms in total. The molecule has 0 aromatic heterocycles. The highest BCUT2D eigenvalue weighted by molar-refractivity contribution is 14.0. The number of nitrogens with zero attached hydrogens (tertiary/aromatic N) is 2. The Bertz CT molecular complexity index is 905. The fraction of sp³-hybridized carbons (Fsp3) is 0.350. The molecule has 0 spiro atoms. The predicted octanol–water partition coefficient (Wildman–Crippen LogP) is 3.84. The van der Waals surface area contributed by atoms with Gasteiger partial charge in [-0.3, -0.25) is 0 Å². The van der Waals surface area contributed by atoms with Crippen LogP contribution >= 0.6 is 35.6 Å². The number of benzene rings is 2. The Hall–Kier alpha value is -1.52. The van der Waals surface area contributed by atoms with Gasteiger partial charge < -0.3 is 15.0 Å². The topological polar surface area (TPSA) is 71.0 Å². The third kappa shape index (κ3) is 8.39. The van der Waals surface area contributed by atoms with E-state index in [0.29, 0.717) is 25.4 Å². The van der Waals surface area contributed by atoms with Gasteiger partial charge in [0, 0.05) is 31.4 Å². The van der Waals surface area contributed by atoms with Gasteiger partial charge in [-0.15, -0.1) is 24.0 Å². The normalized spacial score (nSPS) is 11.5. The van der Waals surface area contributed by atoms with E-state index in [-0.39, 0.29) is 28.9 Å². The molecule has 2 aromatic carbocycles. The number of halogens is 2. The molecule has 2 rings (SSSR count). The van der Waals surface area contributed by atoms with Gasteiger partial charge in [-0.25, -0.2) is 13.4 Å². The van der Waals surface area contributed by atoms with Crippen molar-refractivity contribution >= 4 is 51.4 Å². The average molecular weight is 552 g/mol. The van der Waals surface area contributed by atoms with E-state index in [0.717, 1.165) is 23.1 Å². The monoisotopic (exact) mass is 551 g/mol. The number of rotatable bonds is 8. The van der Waals surface area contributed by atoms with E-state index in [4.69, 9.17) is 16.3 Å². The van der Waals surface area contributed by atoms with Crippen LogP contribution in [0.5, 0.6) is 5.75 Å². The lowest BCUT2D eigenvalue weighted by Crippen LogP contribution is -2.38. The Kier molecular flexibility index (Phi) is 10.8. The van der Waals surface area contributed by atoms with Crippen molar-refractivity contribution in [3.63, 3.8) is 0 Å². The number of sulfone groups is 1. The molecule has 0 heterocycles. The van der Waals surface area contributed by atoms with Crippen LogP contribution in [-0.2, 0) is 16.4 Å². The van der Waals surface area contributed by atoms with Gasteiger partial charge in [0.1, 0.15) is 12.4 Å². The fourth-order valence-corrected chi connectivity index (χ4v) is 3.35. The number of guanidine groups is 1. The van der Waals surface area contributed by atoms with Crippen molar-refractivity contribution in [3.05, 3.63) is 59.1 Å². The minimum Gasteiger partial charge on any atom is -0.492 e. The Morgan fingerprint density at radius 2 is 1.83 bits per heavy atom. The molecule has 0 unspecified atom stereocenters. The first-order chi connectivity index (χ1) is 13.3. The molecule has 0 fully saturated rings. The number of hydrogen-bond acceptors (Lipinski definition) is 4. The van der Waals surface area contributed by atoms with Crippen LogP contribution in [0.25, 0.3) is 0 Å². The SMILES string of the molecule is CCNC(=NCCOc1ccc(S(C)(=O)=O)cc1)N(C)Cc1ccccc1Cl.I. The van der Waals surface area contributed by atoms with Gasteiger partial charge in [0.15, 0.2) is 15.8 Å². The Morgan fingerprint density at radius 3 is 2.41 bits per heavy atom. The zero-order chi connectivity index (χ0) is 20.6. The van der Waals surface area contributed by atoms with E-state index < -0.39 is 9.84 Å². The maximum absolute atomic E-state index is 11.5. The van der Waals surface area contributed by atoms with Gasteiger partial charge in [-0.2, -0.15) is 0 Å². The summed E-state index contributed by atoms with van der Waals surface area (Å²) in [4.78, 5) is 6.86. The standard InChI is InChI=1S/C20H26ClN3O3S.HI/c1-4-22-20(24(2)15-16-7-5-6-8-19(16)21)23-13-14-27-17-9-11-18(12-10-17)28(3,25)26;/h5-12H,4,13-15H2,1-3H3,(H,22,23);1H. The zero-order valence-electron chi connectivity index (χ0n) is 16.8. The molecule has 160 valence electrons. The number of aliphatic imine (C=N–C) groups is 1. The molecule has 0 bridgehead atoms. The second-order valence-corrected chi connectivity index (χ2v) is 8.70. The van der Waals surface area contributed by atoms with Crippen molar-refractivity contribution in [2.75, 3.05) is 33.0 Å². The van der Waals surface area contributed by atoms with E-state index in [1.54, 1.807) is 12.1 Å². The van der Waals surface area contributed by atoms with Crippen molar-refractivity contribution < 1.29 is 13.2 Å². The Morgan fingerprint density at radius 1 is 1.17 bits per heavy atom. The number of ether oxygens (including phenoxy) is 1. The van der Waals surface area contributed by atoms with Gasteiger partial charge in [0.25, 0.3) is 0 Å². The lowest BCUT2D eigenvalue weighted by Gasteiger charge is -2.22. The maximum atomic E-state index is 11.5. The van der Waals surface area contributed by atoms with E-state index in [9.17, 15) is 8.42 Å². The molecule has 9 heteroatoms. The second kappa shape index (κ2) is 12.2. The highest BCUT2D eigenvalue weighted by atomic mass is 127. The smallest absolute Gasteiger partial charge is 0.194 e. The summed E-state index contributed by atoms with van der Waals surface area (Å²) in [6.07, 6.45) is 1.18. The summed E-state index contributed by atoms with van der Waals surface area (Å²) >= 11 is 6.24. The van der Waals surface area contributed by atoms with Crippen LogP contribution in [0.15, 0.2) is 58.4 Å². The minimum atomic E-state index is -3.20. The molecule has 0 aliphatic carbocycles. The van der Waals surface area contributed by atoms with Gasteiger partial charge in [0.05, 0.1) is 11.4 Å². The Labute approximate surface area is 195 Å². The summed E-state index contributed by atoms with van der Waals surface area (Å²) in [5.41, 5.74) is 1.03. The zero-order valence-corrected chi connectivity index (χ0v) is 20.7. The summed E-state index contributed by atoms with van der Waals surface area (Å²) in [6, 6.07) is 14.1. The molecule has 0 saturated carbocycles. The highest BCUT2D eigenvalue weighted by Gasteiger charge is 2.09. The first kappa shape index (κ1) is 25.5. The summed E-state index contributed by atoms with van der Waals surface area (Å²) in [6.45, 7) is 4.24. The van der Waals surface area contributed by atoms with Gasteiger partial charge in [-0.1, -0.05) is 29.8 Å². The van der Waals surface area contributed by atoms with Gasteiger partial charge in [0.2, 0.25) is 0 Å². The highest BCUT2D eigenvalue weighted by Crippen LogP contribution is 2.17. The number of hydrogen-bond donors (Lipinski definition) is 1. The van der Waals surface area contributed by atoms with Crippen molar-refractivity contribution in [1.29, 1.82) is 0 Å². The van der Waals surface area contributed by atoms with Gasteiger partial charge >= 0.3 is 0 Å². The maximum Gasteiger partial charge on any atom is 0.194 e. The predicted molar refractivity (Wildman–Crippen MR) is 129 cm³/mol. The largest absolute Gasteiger partial charge is 0.492 e. The molecule has 1 N–H and O–H groups in total. The lowest BCUT2D eigenvalue weighted by atomic mass is 10.2. The first-order valence-electron chi connectivity index (χ1n) is 8.97. The van der Waals surface area contributed by atoms with E-state index in [2.05, 4.69) is 10.3 Å². The Balaban J connectivity index is 0.00000420. The first-order valence-corrected chi connectivity index (χ1v) is 11.2. The van der Waals surface area contributed by atoms with Crippen molar-refractivity contribution in [3.8, 4) is 5.75 Å². The fourth-order valence-electron chi connectivity index (χ4n) is 2.52. The van der Waals surface area contributed by atoms with E-state index >= 15 is 0 Å². The molecule has 0 atom stereocenters. The summed E-state index contributed by atoms with van der Waals surface area (Å²) < 4.78 is 28.6. The molecule has 29 heavy (non-hydrogen) atoms. The summed E-state index contributed by atoms with van der Waals surface area (Å²) in [7, 11) is -1.25. The molecule has 0 aliphatic rings. The molecule has 0 aliphatic heterocycles. The van der Waals surface area contributed by atoms with Crippen LogP contribution in [-0.4, -0.2) is 52.3 Å². The van der Waals surface area contributed by atoms with Crippen molar-refractivity contribution in [2.45, 2.75) is 18.4 Å². The second-order valence-electron chi connectivity index (χ2n) is 6.28. The molecular formula is C20H27ClIN3O3S. The van der Waals surface area contributed by atoms with Crippen LogP contribution in [0, 0.1) is 0 Å². The number of nitrogens with one attached hydrogen (secondary N) is 1. The summed E-state index contributed by atoms with van der Waals surface area (Å²) in [5.74, 6) is 1.37. The molecule has 0 radical (unpaired) electrons. The third-order valence-electron chi connectivity index (χ3n) is 3.94. The van der Waals surface area contributed by atoms with Crippen molar-refractivity contribution in [1.82, 2.24) is 10.2 Å². The lowest BCUT2D eigenvalue weighted by molar-refractivity contribution is 0.327. The molecular weight excluding hydrogens is 525 g/mol. The third-order valence-corrected chi connectivity index (χ3v) is 5.43. The van der Waals surface area contributed by atoms with Gasteiger partial charge in [-0.05, 0) is 42.8 Å². The summed E-state index contributed by atoms with van der Waals surface area (Å²) in [5, 5.41) is 3.98. The average Bonchev–Trinajstić information content (AvgIpc) is 2.65. The van der Waals surface area contributed by atoms with E-state index in [1.165, 1.54) is 18.4 Å². The van der Waals surface area contributed by atoms with Crippen LogP contribution in [0.3, 0.4) is 0 Å². The van der Waals surface area contributed by atoms with E-state index in [1.807, 2.05) is 43.1 Å². The van der Waals surface area contributed by atoms with Crippen LogP contribution in [0.4, 0.5) is 0 Å². The molecule has 0 amide bonds. The van der Waals surface area contributed by atoms with Crippen LogP contribution in [0.2, 0.25) is 5.02 Å². The quantitative estimate of drug-likeness (QED) is 0.234. The van der Waals surface area contributed by atoms with Crippen molar-refractivity contribution in [2.24, 2.45) is 4.99 Å².